The third kappa shape index (κ3) is 5.19. The maximum absolute atomic E-state index is 5.45. The average molecular weight is 377 g/mol. The van der Waals surface area contributed by atoms with Gasteiger partial charge in [-0.05, 0) is 64.6 Å². The first-order chi connectivity index (χ1) is 12.3. The molecule has 0 aromatic carbocycles. The monoisotopic (exact) mass is 376 g/mol. The molecule has 3 rings (SSSR count). The molecule has 0 aliphatic carbocycles. The van der Waals surface area contributed by atoms with E-state index >= 15 is 0 Å². The first-order valence-electron chi connectivity index (χ1n) is 9.78. The molecule has 3 heterocycles. The molecule has 1 unspecified atom stereocenters. The normalized spacial score (nSPS) is 21.0. The summed E-state index contributed by atoms with van der Waals surface area (Å²) in [4.78, 5) is 14.3. The Labute approximate surface area is 162 Å². The maximum atomic E-state index is 5.45. The summed E-state index contributed by atoms with van der Waals surface area (Å²) in [6.45, 7) is 12.8. The van der Waals surface area contributed by atoms with Gasteiger partial charge in [-0.15, -0.1) is 0 Å². The van der Waals surface area contributed by atoms with Gasteiger partial charge in [-0.1, -0.05) is 6.92 Å². The van der Waals surface area contributed by atoms with Crippen LogP contribution in [-0.4, -0.2) is 46.8 Å². The van der Waals surface area contributed by atoms with Crippen LogP contribution in [0.15, 0.2) is 6.07 Å². The van der Waals surface area contributed by atoms with Crippen LogP contribution in [0, 0.1) is 5.92 Å². The van der Waals surface area contributed by atoms with Crippen molar-refractivity contribution in [2.24, 2.45) is 5.92 Å². The highest BCUT2D eigenvalue weighted by Crippen LogP contribution is 2.27. The lowest BCUT2D eigenvalue weighted by atomic mass is 10.0. The van der Waals surface area contributed by atoms with Gasteiger partial charge in [-0.25, -0.2) is 0 Å². The number of hydrogen-bond acceptors (Lipinski definition) is 5. The van der Waals surface area contributed by atoms with Crippen molar-refractivity contribution in [3.05, 3.63) is 6.07 Å². The molecule has 0 spiro atoms. The van der Waals surface area contributed by atoms with Gasteiger partial charge in [0.1, 0.15) is 11.6 Å². The fourth-order valence-electron chi connectivity index (χ4n) is 3.62. The lowest BCUT2D eigenvalue weighted by Crippen LogP contribution is -2.43. The van der Waals surface area contributed by atoms with Crippen LogP contribution in [0.4, 0.5) is 17.6 Å². The van der Waals surface area contributed by atoms with Gasteiger partial charge in [-0.3, -0.25) is 0 Å². The molecule has 2 fully saturated rings. The Kier molecular flexibility index (Phi) is 5.85. The summed E-state index contributed by atoms with van der Waals surface area (Å²) in [7, 11) is 0. The molecule has 0 saturated carbocycles. The van der Waals surface area contributed by atoms with Gasteiger partial charge >= 0.3 is 0 Å². The van der Waals surface area contributed by atoms with Crippen molar-refractivity contribution in [2.75, 3.05) is 41.3 Å². The maximum Gasteiger partial charge on any atom is 0.232 e. The van der Waals surface area contributed by atoms with Gasteiger partial charge in [-0.2, -0.15) is 9.97 Å². The van der Waals surface area contributed by atoms with Crippen molar-refractivity contribution in [1.82, 2.24) is 15.3 Å². The SMILES string of the molecule is CC1CCCN(c2cc(N3CCCC3)nc(NC(=S)NC(C)(C)C)n2)C1. The third-order valence-corrected chi connectivity index (χ3v) is 5.03. The fourth-order valence-corrected chi connectivity index (χ4v) is 4.02. The molecular weight excluding hydrogens is 344 g/mol. The Balaban J connectivity index is 1.83. The predicted molar refractivity (Wildman–Crippen MR) is 113 cm³/mol. The van der Waals surface area contributed by atoms with E-state index in [1.165, 1.54) is 25.7 Å². The van der Waals surface area contributed by atoms with Crippen molar-refractivity contribution in [2.45, 2.75) is 58.9 Å². The molecule has 0 amide bonds. The van der Waals surface area contributed by atoms with Crippen LogP contribution in [0.1, 0.15) is 53.4 Å². The van der Waals surface area contributed by atoms with Gasteiger partial charge in [0.25, 0.3) is 0 Å². The van der Waals surface area contributed by atoms with E-state index in [9.17, 15) is 0 Å². The topological polar surface area (TPSA) is 56.3 Å². The number of piperidine rings is 1. The van der Waals surface area contributed by atoms with E-state index in [0.717, 1.165) is 37.8 Å². The zero-order valence-corrected chi connectivity index (χ0v) is 17.3. The minimum absolute atomic E-state index is 0.0955. The number of hydrogen-bond donors (Lipinski definition) is 2. The van der Waals surface area contributed by atoms with Gasteiger partial charge in [0.2, 0.25) is 5.95 Å². The van der Waals surface area contributed by atoms with Gasteiger partial charge in [0.15, 0.2) is 5.11 Å². The molecule has 0 radical (unpaired) electrons. The van der Waals surface area contributed by atoms with Crippen LogP contribution in [0.3, 0.4) is 0 Å². The average Bonchev–Trinajstić information content (AvgIpc) is 3.07. The molecule has 1 aromatic heterocycles. The summed E-state index contributed by atoms with van der Waals surface area (Å²) in [5, 5.41) is 7.04. The molecule has 0 bridgehead atoms. The minimum Gasteiger partial charge on any atom is -0.358 e. The molecule has 2 aliphatic heterocycles. The largest absolute Gasteiger partial charge is 0.358 e. The van der Waals surface area contributed by atoms with Crippen molar-refractivity contribution < 1.29 is 0 Å². The Hall–Kier alpha value is -1.63. The predicted octanol–water partition coefficient (Wildman–Crippen LogP) is 3.40. The molecule has 1 atom stereocenters. The minimum atomic E-state index is -0.0955. The molecule has 2 saturated heterocycles. The number of rotatable bonds is 3. The number of thiocarbonyl (C=S) groups is 1. The zero-order valence-electron chi connectivity index (χ0n) is 16.5. The van der Waals surface area contributed by atoms with Gasteiger partial charge in [0, 0.05) is 37.8 Å². The number of aromatic nitrogens is 2. The van der Waals surface area contributed by atoms with E-state index in [1.807, 2.05) is 0 Å². The molecule has 1 aromatic rings. The van der Waals surface area contributed by atoms with Crippen LogP contribution < -0.4 is 20.4 Å². The zero-order chi connectivity index (χ0) is 18.7. The van der Waals surface area contributed by atoms with E-state index in [4.69, 9.17) is 22.2 Å². The summed E-state index contributed by atoms with van der Waals surface area (Å²) >= 11 is 5.45. The quantitative estimate of drug-likeness (QED) is 0.784. The summed E-state index contributed by atoms with van der Waals surface area (Å²) in [6, 6.07) is 2.15. The van der Waals surface area contributed by atoms with Crippen LogP contribution in [-0.2, 0) is 0 Å². The van der Waals surface area contributed by atoms with Crippen molar-refractivity contribution in [3.8, 4) is 0 Å². The van der Waals surface area contributed by atoms with Crippen molar-refractivity contribution in [3.63, 3.8) is 0 Å². The number of nitrogens with zero attached hydrogens (tertiary/aromatic N) is 4. The molecule has 2 aliphatic rings. The van der Waals surface area contributed by atoms with Crippen LogP contribution >= 0.6 is 12.2 Å². The summed E-state index contributed by atoms with van der Waals surface area (Å²) in [5.74, 6) is 3.31. The van der Waals surface area contributed by atoms with Crippen molar-refractivity contribution >= 4 is 34.9 Å². The highest BCUT2D eigenvalue weighted by atomic mass is 32.1. The Morgan fingerprint density at radius 1 is 1.08 bits per heavy atom. The lowest BCUT2D eigenvalue weighted by Gasteiger charge is -2.32. The Morgan fingerprint density at radius 3 is 2.31 bits per heavy atom. The molecule has 7 heteroatoms. The van der Waals surface area contributed by atoms with Crippen LogP contribution in [0.5, 0.6) is 0 Å². The molecule has 26 heavy (non-hydrogen) atoms. The number of nitrogens with one attached hydrogen (secondary N) is 2. The molecular formula is C19H32N6S. The van der Waals surface area contributed by atoms with E-state index in [1.54, 1.807) is 0 Å². The number of anilines is 3. The standard InChI is InChI=1S/C19H32N6S/c1-14-8-7-11-25(13-14)16-12-15(24-9-5-6-10-24)20-17(21-16)22-18(26)23-19(2,3)4/h12,14H,5-11,13H2,1-4H3,(H2,20,21,22,23,26). The molecule has 2 N–H and O–H groups in total. The summed E-state index contributed by atoms with van der Waals surface area (Å²) in [5.41, 5.74) is -0.0955. The summed E-state index contributed by atoms with van der Waals surface area (Å²) in [6.07, 6.45) is 4.97. The van der Waals surface area contributed by atoms with Crippen LogP contribution in [0.2, 0.25) is 0 Å². The molecule has 144 valence electrons. The lowest BCUT2D eigenvalue weighted by molar-refractivity contribution is 0.444. The van der Waals surface area contributed by atoms with E-state index in [0.29, 0.717) is 17.0 Å². The smallest absolute Gasteiger partial charge is 0.232 e. The van der Waals surface area contributed by atoms with Gasteiger partial charge in [0.05, 0.1) is 0 Å². The fraction of sp³-hybridized carbons (Fsp3) is 0.737. The first-order valence-corrected chi connectivity index (χ1v) is 10.2. The Morgan fingerprint density at radius 2 is 1.69 bits per heavy atom. The van der Waals surface area contributed by atoms with E-state index in [2.05, 4.69) is 54.2 Å². The first kappa shape index (κ1) is 19.1. The van der Waals surface area contributed by atoms with E-state index < -0.39 is 0 Å². The Bertz CT molecular complexity index is 635. The highest BCUT2D eigenvalue weighted by Gasteiger charge is 2.22. The second-order valence-corrected chi connectivity index (χ2v) is 9.03. The second kappa shape index (κ2) is 7.94. The second-order valence-electron chi connectivity index (χ2n) is 8.62. The third-order valence-electron chi connectivity index (χ3n) is 4.82. The van der Waals surface area contributed by atoms with Crippen molar-refractivity contribution in [1.29, 1.82) is 0 Å². The van der Waals surface area contributed by atoms with E-state index in [-0.39, 0.29) is 5.54 Å². The van der Waals surface area contributed by atoms with Crippen LogP contribution in [0.25, 0.3) is 0 Å². The summed E-state index contributed by atoms with van der Waals surface area (Å²) < 4.78 is 0. The van der Waals surface area contributed by atoms with Gasteiger partial charge < -0.3 is 20.4 Å². The highest BCUT2D eigenvalue weighted by molar-refractivity contribution is 7.80. The molecule has 6 nitrogen and oxygen atoms in total.